The number of fused-ring (bicyclic) bond motifs is 1. The average molecular weight is 425 g/mol. The number of ether oxygens (including phenoxy) is 1. The quantitative estimate of drug-likeness (QED) is 0.486. The third-order valence-corrected chi connectivity index (χ3v) is 6.68. The second-order valence-corrected chi connectivity index (χ2v) is 8.69. The van der Waals surface area contributed by atoms with Crippen LogP contribution in [0.1, 0.15) is 27.9 Å². The van der Waals surface area contributed by atoms with Crippen LogP contribution in [0.3, 0.4) is 0 Å². The fourth-order valence-electron chi connectivity index (χ4n) is 4.64. The van der Waals surface area contributed by atoms with Crippen molar-refractivity contribution in [2.75, 3.05) is 24.7 Å². The first-order valence-corrected chi connectivity index (χ1v) is 11.0. The number of oxazole rings is 1. The molecule has 0 aliphatic carbocycles. The zero-order valence-electron chi connectivity index (χ0n) is 18.0. The van der Waals surface area contributed by atoms with E-state index in [9.17, 15) is 0 Å². The van der Waals surface area contributed by atoms with E-state index in [1.807, 2.05) is 6.20 Å². The molecule has 32 heavy (non-hydrogen) atoms. The number of hydrogen-bond donors (Lipinski definition) is 0. The molecule has 6 heteroatoms. The summed E-state index contributed by atoms with van der Waals surface area (Å²) in [5.41, 5.74) is 7.32. The summed E-state index contributed by atoms with van der Waals surface area (Å²) in [6.45, 7) is 5.29. The minimum atomic E-state index is -0.0417. The Morgan fingerprint density at radius 2 is 1.69 bits per heavy atom. The van der Waals surface area contributed by atoms with E-state index in [-0.39, 0.29) is 5.41 Å². The van der Waals surface area contributed by atoms with Gasteiger partial charge in [-0.1, -0.05) is 42.0 Å². The lowest BCUT2D eigenvalue weighted by atomic mass is 9.73. The topological polar surface area (TPSA) is 64.3 Å². The van der Waals surface area contributed by atoms with Gasteiger partial charge >= 0.3 is 0 Å². The Morgan fingerprint density at radius 3 is 2.34 bits per heavy atom. The highest BCUT2D eigenvalue weighted by Gasteiger charge is 2.42. The molecule has 6 nitrogen and oxygen atoms in total. The van der Waals surface area contributed by atoms with Gasteiger partial charge in [0.25, 0.3) is 0 Å². The SMILES string of the molecule is Cc1ccc(C2(c3ccc(N4CCc5cnc(-c6cnco6)nc5C4)cc3)COC2)cc1. The lowest BCUT2D eigenvalue weighted by Crippen LogP contribution is -2.47. The van der Waals surface area contributed by atoms with Gasteiger partial charge in [0.15, 0.2) is 18.0 Å². The molecule has 2 aliphatic rings. The molecule has 4 aromatic rings. The van der Waals surface area contributed by atoms with Gasteiger partial charge in [0, 0.05) is 18.4 Å². The first kappa shape index (κ1) is 19.2. The van der Waals surface area contributed by atoms with Crippen LogP contribution in [0.25, 0.3) is 11.6 Å². The van der Waals surface area contributed by atoms with Crippen LogP contribution in [0.2, 0.25) is 0 Å². The van der Waals surface area contributed by atoms with E-state index in [1.54, 1.807) is 6.20 Å². The van der Waals surface area contributed by atoms with E-state index in [0.717, 1.165) is 38.4 Å². The van der Waals surface area contributed by atoms with Crippen molar-refractivity contribution in [3.63, 3.8) is 0 Å². The Morgan fingerprint density at radius 1 is 0.938 bits per heavy atom. The lowest BCUT2D eigenvalue weighted by Gasteiger charge is -2.43. The second-order valence-electron chi connectivity index (χ2n) is 8.69. The number of hydrogen-bond acceptors (Lipinski definition) is 6. The molecular formula is C26H24N4O2. The molecule has 0 spiro atoms. The van der Waals surface area contributed by atoms with Gasteiger partial charge in [0.05, 0.1) is 37.1 Å². The third kappa shape index (κ3) is 3.19. The minimum Gasteiger partial charge on any atom is -0.440 e. The van der Waals surface area contributed by atoms with Crippen molar-refractivity contribution in [2.24, 2.45) is 0 Å². The minimum absolute atomic E-state index is 0.0417. The molecule has 0 unspecified atom stereocenters. The van der Waals surface area contributed by atoms with Gasteiger partial charge in [-0.05, 0) is 42.2 Å². The van der Waals surface area contributed by atoms with Gasteiger partial charge in [-0.2, -0.15) is 0 Å². The monoisotopic (exact) mass is 424 g/mol. The molecule has 6 rings (SSSR count). The molecule has 0 saturated carbocycles. The third-order valence-electron chi connectivity index (χ3n) is 6.68. The predicted octanol–water partition coefficient (Wildman–Crippen LogP) is 4.32. The summed E-state index contributed by atoms with van der Waals surface area (Å²) >= 11 is 0. The Bertz CT molecular complexity index is 1230. The molecule has 0 N–H and O–H groups in total. The molecule has 2 aromatic carbocycles. The highest BCUT2D eigenvalue weighted by Crippen LogP contribution is 2.40. The van der Waals surface area contributed by atoms with Gasteiger partial charge in [-0.25, -0.2) is 15.0 Å². The molecule has 2 aliphatic heterocycles. The summed E-state index contributed by atoms with van der Waals surface area (Å²) in [7, 11) is 0. The van der Waals surface area contributed by atoms with Crippen molar-refractivity contribution in [1.29, 1.82) is 0 Å². The molecule has 2 aromatic heterocycles. The van der Waals surface area contributed by atoms with Gasteiger partial charge < -0.3 is 14.1 Å². The van der Waals surface area contributed by atoms with Crippen molar-refractivity contribution < 1.29 is 9.15 Å². The van der Waals surface area contributed by atoms with E-state index in [4.69, 9.17) is 14.1 Å². The number of aryl methyl sites for hydroxylation is 1. The summed E-state index contributed by atoms with van der Waals surface area (Å²) in [5.74, 6) is 1.18. The molecule has 0 amide bonds. The predicted molar refractivity (Wildman–Crippen MR) is 122 cm³/mol. The standard InChI is InChI=1S/C26H24N4O2/c1-18-2-4-20(5-3-18)26(15-31-16-26)21-6-8-22(9-7-21)30-11-10-19-12-28-25(29-23(19)14-30)24-13-27-17-32-24/h2-9,12-13,17H,10-11,14-16H2,1H3. The molecule has 0 bridgehead atoms. The molecule has 1 fully saturated rings. The number of aromatic nitrogens is 3. The van der Waals surface area contributed by atoms with E-state index in [0.29, 0.717) is 11.6 Å². The number of rotatable bonds is 4. The normalized spacial score (nSPS) is 17.0. The smallest absolute Gasteiger partial charge is 0.197 e. The van der Waals surface area contributed by atoms with Crippen LogP contribution in [0.5, 0.6) is 0 Å². The largest absolute Gasteiger partial charge is 0.440 e. The first-order valence-electron chi connectivity index (χ1n) is 11.0. The Labute approximate surface area is 186 Å². The fraction of sp³-hybridized carbons (Fsp3) is 0.269. The van der Waals surface area contributed by atoms with Crippen LogP contribution < -0.4 is 4.90 Å². The lowest BCUT2D eigenvalue weighted by molar-refractivity contribution is -0.0379. The molecule has 1 saturated heterocycles. The second kappa shape index (κ2) is 7.57. The van der Waals surface area contributed by atoms with Crippen molar-refractivity contribution in [3.05, 3.63) is 95.3 Å². The van der Waals surface area contributed by atoms with Crippen molar-refractivity contribution in [1.82, 2.24) is 15.0 Å². The van der Waals surface area contributed by atoms with E-state index in [1.165, 1.54) is 34.3 Å². The maximum absolute atomic E-state index is 5.67. The number of benzene rings is 2. The Balaban J connectivity index is 1.25. The van der Waals surface area contributed by atoms with Crippen LogP contribution in [0, 0.1) is 6.92 Å². The van der Waals surface area contributed by atoms with Gasteiger partial charge in [-0.3, -0.25) is 0 Å². The molecule has 0 radical (unpaired) electrons. The summed E-state index contributed by atoms with van der Waals surface area (Å²) < 4.78 is 11.0. The highest BCUT2D eigenvalue weighted by molar-refractivity contribution is 5.54. The highest BCUT2D eigenvalue weighted by atomic mass is 16.5. The number of anilines is 1. The zero-order valence-corrected chi connectivity index (χ0v) is 18.0. The van der Waals surface area contributed by atoms with E-state index in [2.05, 4.69) is 70.3 Å². The molecule has 160 valence electrons. The van der Waals surface area contributed by atoms with Crippen molar-refractivity contribution in [2.45, 2.75) is 25.3 Å². The van der Waals surface area contributed by atoms with Crippen LogP contribution in [-0.2, 0) is 23.1 Å². The van der Waals surface area contributed by atoms with E-state index < -0.39 is 0 Å². The van der Waals surface area contributed by atoms with Crippen LogP contribution in [-0.4, -0.2) is 34.7 Å². The Hall–Kier alpha value is -3.51. The maximum atomic E-state index is 5.67. The summed E-state index contributed by atoms with van der Waals surface area (Å²) in [5, 5.41) is 0. The summed E-state index contributed by atoms with van der Waals surface area (Å²) in [6.07, 6.45) is 5.90. The Kier molecular flexibility index (Phi) is 4.54. The first-order chi connectivity index (χ1) is 15.7. The zero-order chi connectivity index (χ0) is 21.5. The van der Waals surface area contributed by atoms with Gasteiger partial charge in [-0.15, -0.1) is 0 Å². The number of nitrogens with zero attached hydrogens (tertiary/aromatic N) is 4. The maximum Gasteiger partial charge on any atom is 0.197 e. The van der Waals surface area contributed by atoms with Crippen molar-refractivity contribution >= 4 is 5.69 Å². The van der Waals surface area contributed by atoms with Crippen LogP contribution >= 0.6 is 0 Å². The summed E-state index contributed by atoms with van der Waals surface area (Å²) in [4.78, 5) is 15.5. The summed E-state index contributed by atoms with van der Waals surface area (Å²) in [6, 6.07) is 17.8. The van der Waals surface area contributed by atoms with Crippen LogP contribution in [0.15, 0.2) is 71.7 Å². The molecular weight excluding hydrogens is 400 g/mol. The molecule has 0 atom stereocenters. The van der Waals surface area contributed by atoms with Crippen LogP contribution in [0.4, 0.5) is 5.69 Å². The van der Waals surface area contributed by atoms with Gasteiger partial charge in [0.2, 0.25) is 0 Å². The molecule has 4 heterocycles. The van der Waals surface area contributed by atoms with E-state index >= 15 is 0 Å². The van der Waals surface area contributed by atoms with Gasteiger partial charge in [0.1, 0.15) is 0 Å². The fourth-order valence-corrected chi connectivity index (χ4v) is 4.64. The average Bonchev–Trinajstić information content (AvgIpc) is 3.34. The van der Waals surface area contributed by atoms with Crippen molar-refractivity contribution in [3.8, 4) is 11.6 Å².